The van der Waals surface area contributed by atoms with Gasteiger partial charge in [-0.05, 0) is 24.3 Å². The van der Waals surface area contributed by atoms with Crippen LogP contribution < -0.4 is 0 Å². The van der Waals surface area contributed by atoms with Crippen LogP contribution in [0.25, 0.3) is 10.6 Å². The first kappa shape index (κ1) is 13.3. The molecular weight excluding hydrogens is 276 g/mol. The standard InChI is InChI=1S/C14H16N2O3S/c1-16(9-10-4-2-6-18-10)14(17)11-8-12(19-15-11)13-5-3-7-20-13/h3,5,7-8,10H,2,4,6,9H2,1H3/t10-/m0/s1. The van der Waals surface area contributed by atoms with Crippen LogP contribution in [0.4, 0.5) is 0 Å². The van der Waals surface area contributed by atoms with Crippen molar-refractivity contribution in [1.82, 2.24) is 10.1 Å². The quantitative estimate of drug-likeness (QED) is 0.869. The van der Waals surface area contributed by atoms with Crippen LogP contribution in [-0.2, 0) is 4.74 Å². The number of hydrogen-bond acceptors (Lipinski definition) is 5. The predicted octanol–water partition coefficient (Wildman–Crippen LogP) is 2.65. The van der Waals surface area contributed by atoms with Gasteiger partial charge in [0.2, 0.25) is 0 Å². The Morgan fingerprint density at radius 3 is 3.20 bits per heavy atom. The maximum absolute atomic E-state index is 12.3. The molecule has 1 fully saturated rings. The number of nitrogens with zero attached hydrogens (tertiary/aromatic N) is 2. The summed E-state index contributed by atoms with van der Waals surface area (Å²) in [6.45, 7) is 1.39. The van der Waals surface area contributed by atoms with Crippen LogP contribution in [0.3, 0.4) is 0 Å². The fourth-order valence-electron chi connectivity index (χ4n) is 2.28. The largest absolute Gasteiger partial charge is 0.376 e. The van der Waals surface area contributed by atoms with Crippen molar-refractivity contribution in [3.63, 3.8) is 0 Å². The first-order chi connectivity index (χ1) is 9.74. The van der Waals surface area contributed by atoms with Gasteiger partial charge in [-0.3, -0.25) is 4.79 Å². The van der Waals surface area contributed by atoms with Gasteiger partial charge in [0.15, 0.2) is 11.5 Å². The summed E-state index contributed by atoms with van der Waals surface area (Å²) in [5.74, 6) is 0.501. The average molecular weight is 292 g/mol. The second kappa shape index (κ2) is 5.76. The third-order valence-corrected chi connectivity index (χ3v) is 4.23. The summed E-state index contributed by atoms with van der Waals surface area (Å²) < 4.78 is 10.8. The van der Waals surface area contributed by atoms with Crippen LogP contribution in [0.15, 0.2) is 28.1 Å². The molecule has 0 aliphatic carbocycles. The van der Waals surface area contributed by atoms with Crippen LogP contribution in [0, 0.1) is 0 Å². The zero-order chi connectivity index (χ0) is 13.9. The smallest absolute Gasteiger partial charge is 0.275 e. The van der Waals surface area contributed by atoms with Crippen molar-refractivity contribution >= 4 is 17.2 Å². The molecule has 6 heteroatoms. The highest BCUT2D eigenvalue weighted by atomic mass is 32.1. The molecule has 0 N–H and O–H groups in total. The number of amides is 1. The van der Waals surface area contributed by atoms with Gasteiger partial charge in [0, 0.05) is 26.3 Å². The molecule has 1 aliphatic rings. The van der Waals surface area contributed by atoms with E-state index in [4.69, 9.17) is 9.26 Å². The molecule has 0 radical (unpaired) electrons. The molecule has 0 bridgehead atoms. The summed E-state index contributed by atoms with van der Waals surface area (Å²) in [5, 5.41) is 5.83. The predicted molar refractivity (Wildman–Crippen MR) is 75.8 cm³/mol. The fraction of sp³-hybridized carbons (Fsp3) is 0.429. The molecule has 106 valence electrons. The van der Waals surface area contributed by atoms with Gasteiger partial charge in [0.05, 0.1) is 11.0 Å². The molecule has 0 spiro atoms. The summed E-state index contributed by atoms with van der Waals surface area (Å²) in [5.41, 5.74) is 0.342. The lowest BCUT2D eigenvalue weighted by Gasteiger charge is -2.19. The molecule has 3 heterocycles. The number of likely N-dealkylation sites (N-methyl/N-ethyl adjacent to an activating group) is 1. The maximum Gasteiger partial charge on any atom is 0.275 e. The monoisotopic (exact) mass is 292 g/mol. The topological polar surface area (TPSA) is 55.6 Å². The highest BCUT2D eigenvalue weighted by Gasteiger charge is 2.23. The van der Waals surface area contributed by atoms with Crippen molar-refractivity contribution in [3.05, 3.63) is 29.3 Å². The number of aromatic nitrogens is 1. The molecule has 2 aromatic rings. The molecule has 5 nitrogen and oxygen atoms in total. The second-order valence-electron chi connectivity index (χ2n) is 4.87. The van der Waals surface area contributed by atoms with E-state index in [9.17, 15) is 4.79 Å². The molecule has 3 rings (SSSR count). The maximum atomic E-state index is 12.3. The van der Waals surface area contributed by atoms with Crippen molar-refractivity contribution in [3.8, 4) is 10.6 Å². The van der Waals surface area contributed by atoms with E-state index in [1.54, 1.807) is 29.4 Å². The summed E-state index contributed by atoms with van der Waals surface area (Å²) in [6.07, 6.45) is 2.23. The average Bonchev–Trinajstić information content (AvgIpc) is 3.18. The van der Waals surface area contributed by atoms with Crippen LogP contribution in [0.5, 0.6) is 0 Å². The lowest BCUT2D eigenvalue weighted by atomic mass is 10.2. The summed E-state index contributed by atoms with van der Waals surface area (Å²) in [7, 11) is 1.77. The highest BCUT2D eigenvalue weighted by molar-refractivity contribution is 7.13. The summed E-state index contributed by atoms with van der Waals surface area (Å²) in [6, 6.07) is 5.57. The Labute approximate surface area is 121 Å². The van der Waals surface area contributed by atoms with E-state index in [0.29, 0.717) is 18.0 Å². The molecule has 1 saturated heterocycles. The Balaban J connectivity index is 1.67. The molecule has 1 aliphatic heterocycles. The van der Waals surface area contributed by atoms with E-state index in [-0.39, 0.29) is 12.0 Å². The van der Waals surface area contributed by atoms with Crippen molar-refractivity contribution in [2.24, 2.45) is 0 Å². The molecule has 0 saturated carbocycles. The number of carbonyl (C=O) groups is 1. The zero-order valence-electron chi connectivity index (χ0n) is 11.2. The number of carbonyl (C=O) groups excluding carboxylic acids is 1. The molecule has 1 amide bonds. The van der Waals surface area contributed by atoms with Gasteiger partial charge in [-0.2, -0.15) is 0 Å². The molecule has 20 heavy (non-hydrogen) atoms. The molecule has 0 aromatic carbocycles. The van der Waals surface area contributed by atoms with Crippen molar-refractivity contribution in [1.29, 1.82) is 0 Å². The van der Waals surface area contributed by atoms with E-state index in [0.717, 1.165) is 24.3 Å². The Kier molecular flexibility index (Phi) is 3.84. The van der Waals surface area contributed by atoms with Gasteiger partial charge in [-0.25, -0.2) is 0 Å². The highest BCUT2D eigenvalue weighted by Crippen LogP contribution is 2.25. The normalized spacial score (nSPS) is 18.4. The van der Waals surface area contributed by atoms with Crippen LogP contribution >= 0.6 is 11.3 Å². The Morgan fingerprint density at radius 2 is 2.50 bits per heavy atom. The minimum Gasteiger partial charge on any atom is -0.376 e. The molecule has 2 aromatic heterocycles. The van der Waals surface area contributed by atoms with Crippen LogP contribution in [-0.4, -0.2) is 42.3 Å². The van der Waals surface area contributed by atoms with E-state index in [1.165, 1.54) is 0 Å². The first-order valence-corrected chi connectivity index (χ1v) is 7.49. The van der Waals surface area contributed by atoms with Gasteiger partial charge in [0.25, 0.3) is 5.91 Å². The van der Waals surface area contributed by atoms with E-state index < -0.39 is 0 Å². The number of hydrogen-bond donors (Lipinski definition) is 0. The second-order valence-corrected chi connectivity index (χ2v) is 5.82. The lowest BCUT2D eigenvalue weighted by molar-refractivity contribution is 0.0579. The summed E-state index contributed by atoms with van der Waals surface area (Å²) >= 11 is 1.56. The SMILES string of the molecule is CN(C[C@@H]1CCCO1)C(=O)c1cc(-c2cccs2)on1. The Bertz CT molecular complexity index is 573. The zero-order valence-corrected chi connectivity index (χ0v) is 12.1. The number of thiophene rings is 1. The van der Waals surface area contributed by atoms with Gasteiger partial charge in [-0.15, -0.1) is 11.3 Å². The van der Waals surface area contributed by atoms with Gasteiger partial charge in [-0.1, -0.05) is 11.2 Å². The fourth-order valence-corrected chi connectivity index (χ4v) is 2.96. The van der Waals surface area contributed by atoms with E-state index >= 15 is 0 Å². The third kappa shape index (κ3) is 2.76. The number of rotatable bonds is 4. The third-order valence-electron chi connectivity index (χ3n) is 3.34. The van der Waals surface area contributed by atoms with E-state index in [2.05, 4.69) is 5.16 Å². The van der Waals surface area contributed by atoms with Crippen molar-refractivity contribution < 1.29 is 14.1 Å². The molecule has 0 unspecified atom stereocenters. The van der Waals surface area contributed by atoms with Gasteiger partial charge in [0.1, 0.15) is 0 Å². The minimum atomic E-state index is -0.132. The molecular formula is C14H16N2O3S. The molecule has 1 atom stereocenters. The minimum absolute atomic E-state index is 0.132. The lowest BCUT2D eigenvalue weighted by Crippen LogP contribution is -2.34. The summed E-state index contributed by atoms with van der Waals surface area (Å²) in [4.78, 5) is 14.9. The Hall–Kier alpha value is -1.66. The van der Waals surface area contributed by atoms with E-state index in [1.807, 2.05) is 17.5 Å². The van der Waals surface area contributed by atoms with Gasteiger partial charge >= 0.3 is 0 Å². The van der Waals surface area contributed by atoms with Crippen LogP contribution in [0.2, 0.25) is 0 Å². The van der Waals surface area contributed by atoms with Crippen LogP contribution in [0.1, 0.15) is 23.3 Å². The Morgan fingerprint density at radius 1 is 1.60 bits per heavy atom. The van der Waals surface area contributed by atoms with Gasteiger partial charge < -0.3 is 14.2 Å². The van der Waals surface area contributed by atoms with Crippen molar-refractivity contribution in [2.75, 3.05) is 20.2 Å². The number of ether oxygens (including phenoxy) is 1. The first-order valence-electron chi connectivity index (χ1n) is 6.61. The van der Waals surface area contributed by atoms with Crippen molar-refractivity contribution in [2.45, 2.75) is 18.9 Å².